The van der Waals surface area contributed by atoms with Crippen molar-refractivity contribution in [2.24, 2.45) is 0 Å². The molecule has 0 aromatic carbocycles. The molecular formula is C23H3-. The van der Waals surface area contributed by atoms with Crippen LogP contribution >= 0.6 is 0 Å². The molecule has 0 aromatic heterocycles. The maximum atomic E-state index is 4.90. The molecule has 0 unspecified atom stereocenters. The average Bonchev–Trinajstić information content (AvgIpc) is 2.57. The maximum absolute atomic E-state index is 4.90. The molecule has 0 rings (SSSR count). The van der Waals surface area contributed by atoms with E-state index in [4.69, 9.17) is 6.42 Å². The summed E-state index contributed by atoms with van der Waals surface area (Å²) in [5, 5.41) is 0. The highest BCUT2D eigenvalue weighted by molar-refractivity contribution is 5.47. The fourth-order valence-electron chi connectivity index (χ4n) is 0.612. The Kier molecular flexibility index (Phi) is 13.4. The second kappa shape index (κ2) is 17.0. The van der Waals surface area contributed by atoms with Crippen LogP contribution in [0.4, 0.5) is 0 Å². The van der Waals surface area contributed by atoms with Gasteiger partial charge in [-0.25, -0.2) is 5.92 Å². The largest absolute Gasteiger partial charge is 0.284 e. The van der Waals surface area contributed by atoms with Crippen LogP contribution in [0.15, 0.2) is 0 Å². The van der Waals surface area contributed by atoms with Crippen molar-refractivity contribution in [3.8, 4) is 131 Å². The fourth-order valence-corrected chi connectivity index (χ4v) is 0.612. The summed E-state index contributed by atoms with van der Waals surface area (Å²) in [5.41, 5.74) is 0. The first-order valence-corrected chi connectivity index (χ1v) is 5.64. The molecule has 0 heterocycles. The third kappa shape index (κ3) is 17.0. The SMILES string of the molecule is C#CC#CC#CC#CC#CC#CC#CC#CC#CC#CC#C[CH2-]. The Morgan fingerprint density at radius 2 is 0.565 bits per heavy atom. The van der Waals surface area contributed by atoms with Crippen molar-refractivity contribution < 1.29 is 0 Å². The van der Waals surface area contributed by atoms with Crippen LogP contribution < -0.4 is 0 Å². The van der Waals surface area contributed by atoms with Crippen LogP contribution in [-0.2, 0) is 0 Å². The van der Waals surface area contributed by atoms with E-state index in [0.29, 0.717) is 0 Å². The van der Waals surface area contributed by atoms with Crippen molar-refractivity contribution in [2.75, 3.05) is 0 Å². The van der Waals surface area contributed by atoms with Crippen molar-refractivity contribution in [1.29, 1.82) is 0 Å². The van der Waals surface area contributed by atoms with Gasteiger partial charge in [0.05, 0.1) is 0 Å². The standard InChI is InChI=1S/C23H3/c1-3-5-7-9-11-13-15-17-19-21-23-22-20-18-16-14-12-10-8-6-4-2/h1H,2H2/q-1. The predicted octanol–water partition coefficient (Wildman–Crippen LogP) is 0.488. The molecule has 0 aromatic rings. The molecule has 0 saturated heterocycles. The Bertz CT molecular complexity index is 1110. The molecule has 0 aliphatic heterocycles. The van der Waals surface area contributed by atoms with Crippen molar-refractivity contribution in [1.82, 2.24) is 0 Å². The zero-order valence-electron chi connectivity index (χ0n) is 11.8. The summed E-state index contributed by atoms with van der Waals surface area (Å²) >= 11 is 0. The molecule has 0 nitrogen and oxygen atoms in total. The highest BCUT2D eigenvalue weighted by Crippen LogP contribution is 1.58. The highest BCUT2D eigenvalue weighted by atomic mass is 13.6. The first kappa shape index (κ1) is 18.0. The Labute approximate surface area is 138 Å². The van der Waals surface area contributed by atoms with Gasteiger partial charge >= 0.3 is 0 Å². The normalized spacial score (nSPS) is 3.78. The summed E-state index contributed by atoms with van der Waals surface area (Å²) in [6, 6.07) is 0. The van der Waals surface area contributed by atoms with E-state index in [-0.39, 0.29) is 0 Å². The molecule has 0 amide bonds. The summed E-state index contributed by atoms with van der Waals surface area (Å²) in [6.45, 7) is 3.30. The summed E-state index contributed by atoms with van der Waals surface area (Å²) < 4.78 is 0. The smallest absolute Gasteiger partial charge is 0 e. The molecule has 0 atom stereocenters. The molecular weight excluding hydrogens is 276 g/mol. The lowest BCUT2D eigenvalue weighted by atomic mass is 10.4. The first-order valence-electron chi connectivity index (χ1n) is 5.64. The van der Waals surface area contributed by atoms with E-state index in [0.717, 1.165) is 0 Å². The van der Waals surface area contributed by atoms with Gasteiger partial charge in [-0.2, -0.15) is 6.92 Å². The van der Waals surface area contributed by atoms with E-state index >= 15 is 0 Å². The van der Waals surface area contributed by atoms with Crippen LogP contribution in [0.2, 0.25) is 0 Å². The monoisotopic (exact) mass is 279 g/mol. The summed E-state index contributed by atoms with van der Waals surface area (Å²) in [7, 11) is 0. The summed E-state index contributed by atoms with van der Waals surface area (Å²) in [5.74, 6) is 51.3. The number of hydrogen-bond acceptors (Lipinski definition) is 0. The van der Waals surface area contributed by atoms with Gasteiger partial charge in [0, 0.05) is 11.8 Å². The van der Waals surface area contributed by atoms with Crippen LogP contribution in [-0.4, -0.2) is 0 Å². The van der Waals surface area contributed by atoms with Gasteiger partial charge in [0.15, 0.2) is 0 Å². The molecule has 0 bridgehead atoms. The third-order valence-electron chi connectivity index (χ3n) is 1.29. The molecule has 0 N–H and O–H groups in total. The van der Waals surface area contributed by atoms with E-state index in [9.17, 15) is 0 Å². The Morgan fingerprint density at radius 3 is 0.783 bits per heavy atom. The molecule has 0 aliphatic carbocycles. The zero-order chi connectivity index (χ0) is 16.8. The van der Waals surface area contributed by atoms with Crippen molar-refractivity contribution in [2.45, 2.75) is 0 Å². The summed E-state index contributed by atoms with van der Waals surface area (Å²) in [6.07, 6.45) is 4.90. The fraction of sp³-hybridized carbons (Fsp3) is 0. The van der Waals surface area contributed by atoms with Crippen LogP contribution in [0, 0.1) is 138 Å². The van der Waals surface area contributed by atoms with Gasteiger partial charge < -0.3 is 0 Å². The van der Waals surface area contributed by atoms with Gasteiger partial charge in [-0.3, -0.25) is 5.92 Å². The third-order valence-corrected chi connectivity index (χ3v) is 1.29. The Hall–Kier alpha value is -4.97. The van der Waals surface area contributed by atoms with Crippen LogP contribution in [0.1, 0.15) is 0 Å². The number of terminal acetylenes is 1. The van der Waals surface area contributed by atoms with Crippen LogP contribution in [0.3, 0.4) is 0 Å². The predicted molar refractivity (Wildman–Crippen MR) is 92.0 cm³/mol. The van der Waals surface area contributed by atoms with Crippen LogP contribution in [0.5, 0.6) is 0 Å². The molecule has 0 spiro atoms. The van der Waals surface area contributed by atoms with E-state index < -0.39 is 0 Å². The minimum atomic E-state index is 2.12. The van der Waals surface area contributed by atoms with Crippen molar-refractivity contribution in [3.05, 3.63) is 6.92 Å². The molecule has 0 saturated carbocycles. The van der Waals surface area contributed by atoms with Gasteiger partial charge in [0.25, 0.3) is 0 Å². The number of hydrogen-bond donors (Lipinski definition) is 0. The molecule has 0 heteroatoms. The van der Waals surface area contributed by atoms with Gasteiger partial charge in [-0.05, 0) is 94.7 Å². The Morgan fingerprint density at radius 1 is 0.348 bits per heavy atom. The quantitative estimate of drug-likeness (QED) is 0.447. The summed E-state index contributed by atoms with van der Waals surface area (Å²) in [4.78, 5) is 0. The van der Waals surface area contributed by atoms with E-state index in [1.165, 1.54) is 0 Å². The second-order valence-corrected chi connectivity index (χ2v) is 2.70. The van der Waals surface area contributed by atoms with E-state index in [2.05, 4.69) is 131 Å². The van der Waals surface area contributed by atoms with Gasteiger partial charge in [-0.1, -0.05) is 0 Å². The van der Waals surface area contributed by atoms with Crippen molar-refractivity contribution in [3.63, 3.8) is 0 Å². The Balaban J connectivity index is 4.38. The van der Waals surface area contributed by atoms with Gasteiger partial charge in [0.1, 0.15) is 0 Å². The van der Waals surface area contributed by atoms with Crippen LogP contribution in [0.25, 0.3) is 0 Å². The molecule has 96 valence electrons. The lowest BCUT2D eigenvalue weighted by Gasteiger charge is -1.64. The lowest BCUT2D eigenvalue weighted by molar-refractivity contribution is 2.31. The number of rotatable bonds is 0. The molecule has 0 radical (unpaired) electrons. The topological polar surface area (TPSA) is 0 Å². The molecule has 0 fully saturated rings. The molecule has 23 heavy (non-hydrogen) atoms. The average molecular weight is 279 g/mol. The van der Waals surface area contributed by atoms with E-state index in [1.807, 2.05) is 0 Å². The van der Waals surface area contributed by atoms with E-state index in [1.54, 1.807) is 0 Å². The molecule has 0 aliphatic rings. The lowest BCUT2D eigenvalue weighted by Crippen LogP contribution is -1.56. The second-order valence-electron chi connectivity index (χ2n) is 2.70. The minimum absolute atomic E-state index is 2.12. The minimum Gasteiger partial charge on any atom is -0.284 e. The zero-order valence-corrected chi connectivity index (χ0v) is 11.8. The van der Waals surface area contributed by atoms with Crippen molar-refractivity contribution >= 4 is 0 Å². The highest BCUT2D eigenvalue weighted by Gasteiger charge is 1.58. The first-order chi connectivity index (χ1) is 11.4. The van der Waals surface area contributed by atoms with Gasteiger partial charge in [-0.15, -0.1) is 12.3 Å². The maximum Gasteiger partial charge on any atom is 0 e. The van der Waals surface area contributed by atoms with Gasteiger partial charge in [0.2, 0.25) is 0 Å².